The van der Waals surface area contributed by atoms with Crippen molar-refractivity contribution in [2.24, 2.45) is 0 Å². The Bertz CT molecular complexity index is 1380. The first-order valence-corrected chi connectivity index (χ1v) is 12.4. The van der Waals surface area contributed by atoms with Crippen LogP contribution in [0.15, 0.2) is 89.1 Å². The predicted molar refractivity (Wildman–Crippen MR) is 131 cm³/mol. The Hall–Kier alpha value is -3.49. The number of carbonyl (C=O) groups excluding carboxylic acids is 1. The molecule has 0 spiro atoms. The minimum atomic E-state index is -4.09. The number of benzene rings is 3. The summed E-state index contributed by atoms with van der Waals surface area (Å²) in [4.78, 5) is 13.1. The monoisotopic (exact) mass is 480 g/mol. The largest absolute Gasteiger partial charge is 0.321 e. The van der Waals surface area contributed by atoms with Crippen LogP contribution < -0.4 is 9.62 Å². The SMILES string of the molecule is Cc1ccc(N(C)S(=O)(=O)c2c(-c3ccccc3)csc2C(=O)Nc2ccc(F)cc2)cc1. The number of hydrogen-bond donors (Lipinski definition) is 1. The molecule has 5 nitrogen and oxygen atoms in total. The van der Waals surface area contributed by atoms with Crippen LogP contribution in [0.4, 0.5) is 15.8 Å². The Balaban J connectivity index is 1.81. The van der Waals surface area contributed by atoms with E-state index in [-0.39, 0.29) is 9.77 Å². The van der Waals surface area contributed by atoms with Gasteiger partial charge in [-0.15, -0.1) is 11.3 Å². The molecule has 0 aliphatic heterocycles. The molecule has 4 rings (SSSR count). The van der Waals surface area contributed by atoms with Crippen LogP contribution in [0, 0.1) is 12.7 Å². The second kappa shape index (κ2) is 9.17. The summed E-state index contributed by atoms with van der Waals surface area (Å²) >= 11 is 1.05. The fourth-order valence-corrected chi connectivity index (χ4v) is 6.18. The van der Waals surface area contributed by atoms with Crippen LogP contribution in [0.3, 0.4) is 0 Å². The molecule has 0 saturated carbocycles. The topological polar surface area (TPSA) is 66.5 Å². The van der Waals surface area contributed by atoms with Gasteiger partial charge in [0.2, 0.25) is 0 Å². The Morgan fingerprint density at radius 2 is 1.58 bits per heavy atom. The Labute approximate surface area is 196 Å². The quantitative estimate of drug-likeness (QED) is 0.371. The zero-order chi connectivity index (χ0) is 23.6. The molecular weight excluding hydrogens is 459 g/mol. The third-order valence-corrected chi connectivity index (χ3v) is 8.13. The van der Waals surface area contributed by atoms with Crippen molar-refractivity contribution in [1.82, 2.24) is 0 Å². The summed E-state index contributed by atoms with van der Waals surface area (Å²) in [5, 5.41) is 4.34. The second-order valence-electron chi connectivity index (χ2n) is 7.44. The standard InChI is InChI=1S/C25H21FN2O3S2/c1-17-8-14-21(15-9-17)28(2)33(30,31)24-22(18-6-4-3-5-7-18)16-32-23(24)25(29)27-20-12-10-19(26)11-13-20/h3-16H,1-2H3,(H,27,29). The highest BCUT2D eigenvalue weighted by Gasteiger charge is 2.32. The first-order chi connectivity index (χ1) is 15.8. The fourth-order valence-electron chi connectivity index (χ4n) is 3.33. The molecule has 1 amide bonds. The number of halogens is 1. The van der Waals surface area contributed by atoms with E-state index in [0.29, 0.717) is 22.5 Å². The molecule has 33 heavy (non-hydrogen) atoms. The van der Waals surface area contributed by atoms with E-state index in [4.69, 9.17) is 0 Å². The maximum Gasteiger partial charge on any atom is 0.267 e. The lowest BCUT2D eigenvalue weighted by molar-refractivity contribution is 0.102. The summed E-state index contributed by atoms with van der Waals surface area (Å²) < 4.78 is 42.0. The minimum Gasteiger partial charge on any atom is -0.321 e. The van der Waals surface area contributed by atoms with Crippen LogP contribution in [0.1, 0.15) is 15.2 Å². The molecule has 1 N–H and O–H groups in total. The third-order valence-electron chi connectivity index (χ3n) is 5.15. The number of nitrogens with zero attached hydrogens (tertiary/aromatic N) is 1. The first-order valence-electron chi connectivity index (χ1n) is 10.1. The van der Waals surface area contributed by atoms with Crippen molar-refractivity contribution in [2.45, 2.75) is 11.8 Å². The molecule has 1 heterocycles. The Kier molecular flexibility index (Phi) is 6.31. The van der Waals surface area contributed by atoms with Crippen molar-refractivity contribution >= 4 is 38.6 Å². The van der Waals surface area contributed by atoms with Gasteiger partial charge in [0, 0.05) is 23.7 Å². The van der Waals surface area contributed by atoms with Crippen molar-refractivity contribution in [2.75, 3.05) is 16.7 Å². The van der Waals surface area contributed by atoms with Gasteiger partial charge in [-0.25, -0.2) is 12.8 Å². The van der Waals surface area contributed by atoms with Gasteiger partial charge in [-0.3, -0.25) is 9.10 Å². The highest BCUT2D eigenvalue weighted by molar-refractivity contribution is 7.93. The van der Waals surface area contributed by atoms with E-state index in [1.807, 2.05) is 37.3 Å². The number of aryl methyl sites for hydroxylation is 1. The van der Waals surface area contributed by atoms with Gasteiger partial charge in [-0.05, 0) is 48.9 Å². The van der Waals surface area contributed by atoms with Crippen LogP contribution in [-0.4, -0.2) is 21.4 Å². The molecule has 168 valence electrons. The number of carbonyl (C=O) groups is 1. The van der Waals surface area contributed by atoms with Gasteiger partial charge < -0.3 is 5.32 Å². The molecule has 0 fully saturated rings. The number of nitrogens with one attached hydrogen (secondary N) is 1. The molecule has 4 aromatic rings. The Morgan fingerprint density at radius 1 is 0.939 bits per heavy atom. The van der Waals surface area contributed by atoms with E-state index in [2.05, 4.69) is 5.32 Å². The number of hydrogen-bond acceptors (Lipinski definition) is 4. The molecule has 3 aromatic carbocycles. The van der Waals surface area contributed by atoms with Gasteiger partial charge in [0.25, 0.3) is 15.9 Å². The number of amides is 1. The highest BCUT2D eigenvalue weighted by Crippen LogP contribution is 2.38. The zero-order valence-corrected chi connectivity index (χ0v) is 19.6. The van der Waals surface area contributed by atoms with Gasteiger partial charge in [-0.1, -0.05) is 48.0 Å². The van der Waals surface area contributed by atoms with Crippen LogP contribution in [0.5, 0.6) is 0 Å². The van der Waals surface area contributed by atoms with E-state index in [9.17, 15) is 17.6 Å². The molecule has 0 aliphatic rings. The van der Waals surface area contributed by atoms with E-state index < -0.39 is 21.7 Å². The van der Waals surface area contributed by atoms with Crippen LogP contribution in [0.2, 0.25) is 0 Å². The summed E-state index contributed by atoms with van der Waals surface area (Å²) in [6.07, 6.45) is 0. The lowest BCUT2D eigenvalue weighted by Gasteiger charge is -2.21. The second-order valence-corrected chi connectivity index (χ2v) is 10.2. The van der Waals surface area contributed by atoms with Gasteiger partial charge in [0.1, 0.15) is 15.6 Å². The lowest BCUT2D eigenvalue weighted by atomic mass is 10.1. The maximum absolute atomic E-state index is 13.8. The number of thiophene rings is 1. The smallest absolute Gasteiger partial charge is 0.267 e. The molecule has 1 aromatic heterocycles. The normalized spacial score (nSPS) is 11.2. The highest BCUT2D eigenvalue weighted by atomic mass is 32.2. The van der Waals surface area contributed by atoms with Crippen LogP contribution in [0.25, 0.3) is 11.1 Å². The molecule has 0 bridgehead atoms. The third kappa shape index (κ3) is 4.67. The summed E-state index contributed by atoms with van der Waals surface area (Å²) in [7, 11) is -2.63. The van der Waals surface area contributed by atoms with Gasteiger partial charge in [0.15, 0.2) is 0 Å². The average Bonchev–Trinajstić information content (AvgIpc) is 3.28. The lowest BCUT2D eigenvalue weighted by Crippen LogP contribution is -2.28. The first kappa shape index (κ1) is 22.7. The maximum atomic E-state index is 13.8. The van der Waals surface area contributed by atoms with Crippen molar-refractivity contribution < 1.29 is 17.6 Å². The minimum absolute atomic E-state index is 0.0529. The van der Waals surface area contributed by atoms with E-state index >= 15 is 0 Å². The number of anilines is 2. The van der Waals surface area contributed by atoms with E-state index in [1.165, 1.54) is 35.6 Å². The van der Waals surface area contributed by atoms with Crippen molar-refractivity contribution in [3.63, 3.8) is 0 Å². The summed E-state index contributed by atoms with van der Waals surface area (Å²) in [5.74, 6) is -1.01. The number of rotatable bonds is 6. The van der Waals surface area contributed by atoms with Crippen molar-refractivity contribution in [3.05, 3.63) is 101 Å². The molecular formula is C25H21FN2O3S2. The summed E-state index contributed by atoms with van der Waals surface area (Å²) in [6.45, 7) is 1.92. The predicted octanol–water partition coefficient (Wildman–Crippen LogP) is 5.94. The average molecular weight is 481 g/mol. The molecule has 0 aliphatic carbocycles. The molecule has 0 atom stereocenters. The fraction of sp³-hybridized carbons (Fsp3) is 0.0800. The van der Waals surface area contributed by atoms with Crippen molar-refractivity contribution in [3.8, 4) is 11.1 Å². The van der Waals surface area contributed by atoms with E-state index in [1.54, 1.807) is 29.6 Å². The number of sulfonamides is 1. The summed E-state index contributed by atoms with van der Waals surface area (Å²) in [6, 6.07) is 21.5. The Morgan fingerprint density at radius 3 is 2.21 bits per heavy atom. The molecule has 0 unspecified atom stereocenters. The van der Waals surface area contributed by atoms with Gasteiger partial charge >= 0.3 is 0 Å². The van der Waals surface area contributed by atoms with Crippen LogP contribution >= 0.6 is 11.3 Å². The van der Waals surface area contributed by atoms with Gasteiger partial charge in [-0.2, -0.15) is 0 Å². The van der Waals surface area contributed by atoms with E-state index in [0.717, 1.165) is 16.9 Å². The van der Waals surface area contributed by atoms with Crippen LogP contribution in [-0.2, 0) is 10.0 Å². The van der Waals surface area contributed by atoms with Crippen molar-refractivity contribution in [1.29, 1.82) is 0 Å². The zero-order valence-electron chi connectivity index (χ0n) is 17.9. The summed E-state index contributed by atoms with van der Waals surface area (Å²) in [5.41, 5.74) is 2.99. The van der Waals surface area contributed by atoms with Gasteiger partial charge in [0.05, 0.1) is 5.69 Å². The molecule has 0 radical (unpaired) electrons. The molecule has 0 saturated heterocycles. The molecule has 8 heteroatoms.